The average Bonchev–Trinajstić information content (AvgIpc) is 2.76. The van der Waals surface area contributed by atoms with Crippen molar-refractivity contribution >= 4 is 5.78 Å². The zero-order valence-corrected chi connectivity index (χ0v) is 11.0. The first-order chi connectivity index (χ1) is 8.70. The first-order valence-electron chi connectivity index (χ1n) is 6.68. The van der Waals surface area contributed by atoms with E-state index in [9.17, 15) is 4.79 Å². The van der Waals surface area contributed by atoms with Crippen LogP contribution in [0.2, 0.25) is 0 Å². The van der Waals surface area contributed by atoms with E-state index < -0.39 is 0 Å². The molecule has 18 heavy (non-hydrogen) atoms. The number of aryl methyl sites for hydroxylation is 1. The van der Waals surface area contributed by atoms with E-state index in [1.54, 1.807) is 0 Å². The maximum atomic E-state index is 12.1. The second-order valence-electron chi connectivity index (χ2n) is 5.18. The molecule has 1 atom stereocenters. The van der Waals surface area contributed by atoms with Crippen LogP contribution in [0.5, 0.6) is 0 Å². The number of ketones is 1. The molecule has 0 amide bonds. The molecule has 0 aromatic carbocycles. The van der Waals surface area contributed by atoms with Gasteiger partial charge in [-0.05, 0) is 43.9 Å². The Hall–Kier alpha value is -1.13. The number of nitrogens with zero attached hydrogens (tertiary/aromatic N) is 2. The number of carbonyl (C=O) groups excluding carboxylic acids is 1. The smallest absolute Gasteiger partial charge is 0.193 e. The molecular weight excluding hydrogens is 228 g/mol. The highest BCUT2D eigenvalue weighted by Crippen LogP contribution is 2.19. The Kier molecular flexibility index (Phi) is 4.55. The number of piperidine rings is 1. The van der Waals surface area contributed by atoms with E-state index in [1.165, 1.54) is 6.42 Å². The Bertz CT molecular complexity index is 398. The minimum absolute atomic E-state index is 0.187. The predicted molar refractivity (Wildman–Crippen MR) is 70.6 cm³/mol. The normalized spacial score (nSPS) is 21.1. The van der Waals surface area contributed by atoms with Crippen molar-refractivity contribution < 1.29 is 9.90 Å². The fourth-order valence-electron chi connectivity index (χ4n) is 2.75. The number of aromatic nitrogens is 1. The molecule has 1 aliphatic rings. The van der Waals surface area contributed by atoms with Gasteiger partial charge in [0, 0.05) is 26.4 Å². The van der Waals surface area contributed by atoms with Crippen LogP contribution in [0.15, 0.2) is 18.3 Å². The summed E-state index contributed by atoms with van der Waals surface area (Å²) in [6.45, 7) is 2.69. The third-order valence-corrected chi connectivity index (χ3v) is 3.74. The summed E-state index contributed by atoms with van der Waals surface area (Å²) in [7, 11) is 1.90. The molecule has 1 aliphatic heterocycles. The number of carbonyl (C=O) groups is 1. The predicted octanol–water partition coefficient (Wildman–Crippen LogP) is 1.30. The topological polar surface area (TPSA) is 45.5 Å². The molecule has 100 valence electrons. The van der Waals surface area contributed by atoms with Gasteiger partial charge >= 0.3 is 0 Å². The van der Waals surface area contributed by atoms with Crippen LogP contribution in [0, 0.1) is 5.92 Å². The third-order valence-electron chi connectivity index (χ3n) is 3.74. The average molecular weight is 250 g/mol. The van der Waals surface area contributed by atoms with Crippen molar-refractivity contribution in [1.82, 2.24) is 9.47 Å². The molecule has 1 saturated heterocycles. The Morgan fingerprint density at radius 3 is 3.06 bits per heavy atom. The van der Waals surface area contributed by atoms with Crippen molar-refractivity contribution in [3.8, 4) is 0 Å². The number of hydrogen-bond donors (Lipinski definition) is 1. The molecule has 1 N–H and O–H groups in total. The maximum absolute atomic E-state index is 12.1. The monoisotopic (exact) mass is 250 g/mol. The molecule has 1 aromatic rings. The molecule has 0 saturated carbocycles. The van der Waals surface area contributed by atoms with Crippen molar-refractivity contribution in [3.63, 3.8) is 0 Å². The van der Waals surface area contributed by atoms with Gasteiger partial charge in [0.1, 0.15) is 0 Å². The van der Waals surface area contributed by atoms with Crippen molar-refractivity contribution in [3.05, 3.63) is 24.0 Å². The van der Waals surface area contributed by atoms with Crippen molar-refractivity contribution in [1.29, 1.82) is 0 Å². The van der Waals surface area contributed by atoms with E-state index in [4.69, 9.17) is 5.11 Å². The fraction of sp³-hybridized carbons (Fsp3) is 0.643. The van der Waals surface area contributed by atoms with Crippen LogP contribution in [-0.4, -0.2) is 46.6 Å². The molecule has 2 heterocycles. The Labute approximate surface area is 108 Å². The standard InChI is InChI=1S/C14H22N2O2/c1-15-7-3-5-13(15)14(18)11-16-8-2-4-12(10-16)6-9-17/h3,5,7,12,17H,2,4,6,8-11H2,1H3. The minimum atomic E-state index is 0.187. The van der Waals surface area contributed by atoms with Crippen molar-refractivity contribution in [2.45, 2.75) is 19.3 Å². The quantitative estimate of drug-likeness (QED) is 0.801. The summed E-state index contributed by atoms with van der Waals surface area (Å²) in [6.07, 6.45) is 5.06. The number of aliphatic hydroxyl groups excluding tert-OH is 1. The van der Waals surface area contributed by atoms with E-state index >= 15 is 0 Å². The lowest BCUT2D eigenvalue weighted by atomic mass is 9.95. The molecular formula is C14H22N2O2. The SMILES string of the molecule is Cn1cccc1C(=O)CN1CCCC(CCO)C1. The van der Waals surface area contributed by atoms with Crippen molar-refractivity contribution in [2.24, 2.45) is 13.0 Å². The molecule has 1 fully saturated rings. The van der Waals surface area contributed by atoms with Gasteiger partial charge in [0.15, 0.2) is 5.78 Å². The lowest BCUT2D eigenvalue weighted by Gasteiger charge is -2.31. The number of hydrogen-bond acceptors (Lipinski definition) is 3. The van der Waals surface area contributed by atoms with Gasteiger partial charge in [0.25, 0.3) is 0 Å². The Balaban J connectivity index is 1.89. The molecule has 0 aliphatic carbocycles. The van der Waals surface area contributed by atoms with E-state index in [0.29, 0.717) is 12.5 Å². The van der Waals surface area contributed by atoms with Crippen LogP contribution < -0.4 is 0 Å². The summed E-state index contributed by atoms with van der Waals surface area (Å²) in [5, 5.41) is 8.98. The van der Waals surface area contributed by atoms with E-state index in [0.717, 1.165) is 31.6 Å². The number of likely N-dealkylation sites (tertiary alicyclic amines) is 1. The molecule has 4 nitrogen and oxygen atoms in total. The molecule has 0 spiro atoms. The van der Waals surface area contributed by atoms with Crippen molar-refractivity contribution in [2.75, 3.05) is 26.2 Å². The number of aliphatic hydroxyl groups is 1. The summed E-state index contributed by atoms with van der Waals surface area (Å²) in [5.74, 6) is 0.733. The Morgan fingerprint density at radius 1 is 1.56 bits per heavy atom. The highest BCUT2D eigenvalue weighted by molar-refractivity contribution is 5.96. The van der Waals surface area contributed by atoms with Crippen LogP contribution in [0.3, 0.4) is 0 Å². The van der Waals surface area contributed by atoms with E-state index in [-0.39, 0.29) is 12.4 Å². The molecule has 1 aromatic heterocycles. The van der Waals surface area contributed by atoms with Crippen LogP contribution in [0.4, 0.5) is 0 Å². The van der Waals surface area contributed by atoms with E-state index in [2.05, 4.69) is 4.90 Å². The lowest BCUT2D eigenvalue weighted by molar-refractivity contribution is 0.0864. The van der Waals surface area contributed by atoms with Gasteiger partial charge in [-0.15, -0.1) is 0 Å². The van der Waals surface area contributed by atoms with Gasteiger partial charge in [-0.1, -0.05) is 0 Å². The van der Waals surface area contributed by atoms with Gasteiger partial charge in [-0.25, -0.2) is 0 Å². The molecule has 4 heteroatoms. The van der Waals surface area contributed by atoms with Gasteiger partial charge in [0.2, 0.25) is 0 Å². The van der Waals surface area contributed by atoms with Crippen LogP contribution in [0.25, 0.3) is 0 Å². The number of Topliss-reactive ketones (excluding diaryl/α,β-unsaturated/α-hetero) is 1. The lowest BCUT2D eigenvalue weighted by Crippen LogP contribution is -2.39. The van der Waals surface area contributed by atoms with E-state index in [1.807, 2.05) is 29.9 Å². The second kappa shape index (κ2) is 6.16. The highest BCUT2D eigenvalue weighted by atomic mass is 16.3. The maximum Gasteiger partial charge on any atom is 0.193 e. The summed E-state index contributed by atoms with van der Waals surface area (Å²) < 4.78 is 1.87. The first-order valence-corrected chi connectivity index (χ1v) is 6.68. The summed E-state index contributed by atoms with van der Waals surface area (Å²) in [4.78, 5) is 14.4. The third kappa shape index (κ3) is 3.21. The molecule has 0 radical (unpaired) electrons. The zero-order valence-electron chi connectivity index (χ0n) is 11.0. The van der Waals surface area contributed by atoms with Gasteiger partial charge in [-0.3, -0.25) is 9.69 Å². The summed E-state index contributed by atoms with van der Waals surface area (Å²) >= 11 is 0. The summed E-state index contributed by atoms with van der Waals surface area (Å²) in [6, 6.07) is 3.77. The number of rotatable bonds is 5. The van der Waals surface area contributed by atoms with Crippen LogP contribution >= 0.6 is 0 Å². The van der Waals surface area contributed by atoms with Gasteiger partial charge in [-0.2, -0.15) is 0 Å². The van der Waals surface area contributed by atoms with Crippen LogP contribution in [-0.2, 0) is 7.05 Å². The second-order valence-corrected chi connectivity index (χ2v) is 5.18. The fourth-order valence-corrected chi connectivity index (χ4v) is 2.75. The first kappa shape index (κ1) is 13.3. The van der Waals surface area contributed by atoms with Gasteiger partial charge < -0.3 is 9.67 Å². The molecule has 2 rings (SSSR count). The molecule has 0 bridgehead atoms. The Morgan fingerprint density at radius 2 is 2.39 bits per heavy atom. The minimum Gasteiger partial charge on any atom is -0.396 e. The molecule has 1 unspecified atom stereocenters. The summed E-state index contributed by atoms with van der Waals surface area (Å²) in [5.41, 5.74) is 0.777. The largest absolute Gasteiger partial charge is 0.396 e. The highest BCUT2D eigenvalue weighted by Gasteiger charge is 2.22. The zero-order chi connectivity index (χ0) is 13.0. The van der Waals surface area contributed by atoms with Gasteiger partial charge in [0.05, 0.1) is 12.2 Å². The van der Waals surface area contributed by atoms with Crippen LogP contribution in [0.1, 0.15) is 29.8 Å².